The van der Waals surface area contributed by atoms with Crippen LogP contribution in [0.1, 0.15) is 305 Å². The average Bonchev–Trinajstić information content (AvgIpc) is 3.24. The molecule has 0 aliphatic heterocycles. The van der Waals surface area contributed by atoms with Gasteiger partial charge < -0.3 is 14.2 Å². The molecule has 368 valence electrons. The van der Waals surface area contributed by atoms with Gasteiger partial charge in [-0.05, 0) is 37.0 Å². The van der Waals surface area contributed by atoms with Gasteiger partial charge in [-0.2, -0.15) is 0 Å². The average molecular weight is 877 g/mol. The second-order valence-corrected chi connectivity index (χ2v) is 20.4. The lowest BCUT2D eigenvalue weighted by molar-refractivity contribution is -0.167. The highest BCUT2D eigenvalue weighted by atomic mass is 16.6. The van der Waals surface area contributed by atoms with E-state index in [1.54, 1.807) is 0 Å². The Balaban J connectivity index is 4.27. The topological polar surface area (TPSA) is 78.9 Å². The van der Waals surface area contributed by atoms with Crippen molar-refractivity contribution in [3.05, 3.63) is 0 Å². The highest BCUT2D eigenvalue weighted by Gasteiger charge is 2.19. The van der Waals surface area contributed by atoms with Crippen molar-refractivity contribution < 1.29 is 28.6 Å². The largest absolute Gasteiger partial charge is 0.462 e. The summed E-state index contributed by atoms with van der Waals surface area (Å²) in [5, 5.41) is 0. The molecule has 0 fully saturated rings. The molecule has 0 rings (SSSR count). The van der Waals surface area contributed by atoms with Gasteiger partial charge in [0.15, 0.2) is 6.10 Å². The minimum Gasteiger partial charge on any atom is -0.462 e. The molecule has 0 saturated carbocycles. The summed E-state index contributed by atoms with van der Waals surface area (Å²) in [6.45, 7) is 13.7. The lowest BCUT2D eigenvalue weighted by atomic mass is 10.00. The van der Waals surface area contributed by atoms with Gasteiger partial charge in [0, 0.05) is 19.3 Å². The second kappa shape index (κ2) is 47.4. The summed E-state index contributed by atoms with van der Waals surface area (Å²) in [4.78, 5) is 38.0. The van der Waals surface area contributed by atoms with Crippen LogP contribution in [0.15, 0.2) is 0 Å². The maximum Gasteiger partial charge on any atom is 0.306 e. The first-order chi connectivity index (χ1) is 30.1. The van der Waals surface area contributed by atoms with Crippen molar-refractivity contribution in [2.45, 2.75) is 311 Å². The van der Waals surface area contributed by atoms with Crippen molar-refractivity contribution in [2.24, 2.45) is 17.8 Å². The minimum atomic E-state index is -0.763. The number of hydrogen-bond donors (Lipinski definition) is 0. The normalized spacial score (nSPS) is 12.6. The molecular formula is C56H108O6. The van der Waals surface area contributed by atoms with Crippen LogP contribution in [0.3, 0.4) is 0 Å². The van der Waals surface area contributed by atoms with E-state index < -0.39 is 6.10 Å². The van der Waals surface area contributed by atoms with Crippen LogP contribution in [-0.2, 0) is 28.6 Å². The van der Waals surface area contributed by atoms with Crippen molar-refractivity contribution in [3.8, 4) is 0 Å². The van der Waals surface area contributed by atoms with Gasteiger partial charge in [0.1, 0.15) is 13.2 Å². The monoisotopic (exact) mass is 877 g/mol. The van der Waals surface area contributed by atoms with E-state index in [1.807, 2.05) is 0 Å². The molecule has 0 aliphatic carbocycles. The summed E-state index contributed by atoms with van der Waals surface area (Å²) >= 11 is 0. The minimum absolute atomic E-state index is 0.0645. The Labute approximate surface area is 387 Å². The van der Waals surface area contributed by atoms with Crippen LogP contribution in [0.5, 0.6) is 0 Å². The summed E-state index contributed by atoms with van der Waals surface area (Å²) in [7, 11) is 0. The first-order valence-electron chi connectivity index (χ1n) is 27.6. The summed E-state index contributed by atoms with van der Waals surface area (Å²) in [5.74, 6) is 1.65. The van der Waals surface area contributed by atoms with Crippen molar-refractivity contribution in [2.75, 3.05) is 13.2 Å². The SMILES string of the molecule is CCC(C)CCCCCCCCC(=O)OC[C@H](COC(=O)CCCCCCCCCCCCCCCCCC(C)C)OC(=O)CCCCCCCCCCCCCCCC(C)C. The molecule has 0 aliphatic rings. The molecule has 0 aromatic carbocycles. The van der Waals surface area contributed by atoms with Crippen LogP contribution in [0, 0.1) is 17.8 Å². The standard InChI is InChI=1S/C56H108O6/c1-7-52(6)44-38-32-28-29-34-40-46-55(58)61-49-53(62-56(59)47-41-35-27-23-19-15-11-13-17-21-25-31-37-43-51(4)5)48-60-54(57)45-39-33-26-22-18-14-10-8-9-12-16-20-24-30-36-42-50(2)3/h50-53H,7-49H2,1-6H3/t52?,53-/m0/s1. The van der Waals surface area contributed by atoms with E-state index in [-0.39, 0.29) is 31.1 Å². The highest BCUT2D eigenvalue weighted by Crippen LogP contribution is 2.18. The van der Waals surface area contributed by atoms with E-state index in [1.165, 1.54) is 186 Å². The molecular weight excluding hydrogens is 769 g/mol. The molecule has 6 heteroatoms. The summed E-state index contributed by atoms with van der Waals surface area (Å²) in [6, 6.07) is 0. The van der Waals surface area contributed by atoms with Crippen LogP contribution < -0.4 is 0 Å². The summed E-state index contributed by atoms with van der Waals surface area (Å²) < 4.78 is 16.8. The molecule has 0 aromatic rings. The van der Waals surface area contributed by atoms with Gasteiger partial charge in [0.05, 0.1) is 0 Å². The first-order valence-corrected chi connectivity index (χ1v) is 27.6. The van der Waals surface area contributed by atoms with Gasteiger partial charge in [-0.25, -0.2) is 0 Å². The van der Waals surface area contributed by atoms with Gasteiger partial charge in [-0.3, -0.25) is 14.4 Å². The number of carbonyl (C=O) groups is 3. The van der Waals surface area contributed by atoms with E-state index in [2.05, 4.69) is 41.5 Å². The number of ether oxygens (including phenoxy) is 3. The fourth-order valence-electron chi connectivity index (χ4n) is 8.44. The zero-order chi connectivity index (χ0) is 45.6. The smallest absolute Gasteiger partial charge is 0.306 e. The van der Waals surface area contributed by atoms with Gasteiger partial charge in [-0.1, -0.05) is 266 Å². The van der Waals surface area contributed by atoms with E-state index in [0.717, 1.165) is 75.5 Å². The fourth-order valence-corrected chi connectivity index (χ4v) is 8.44. The van der Waals surface area contributed by atoms with Crippen molar-refractivity contribution in [1.82, 2.24) is 0 Å². The molecule has 0 spiro atoms. The number of rotatable bonds is 49. The van der Waals surface area contributed by atoms with Crippen molar-refractivity contribution >= 4 is 17.9 Å². The van der Waals surface area contributed by atoms with Crippen LogP contribution in [0.4, 0.5) is 0 Å². The van der Waals surface area contributed by atoms with E-state index >= 15 is 0 Å². The van der Waals surface area contributed by atoms with Crippen LogP contribution in [0.2, 0.25) is 0 Å². The molecule has 6 nitrogen and oxygen atoms in total. The predicted octanol–water partition coefficient (Wildman–Crippen LogP) is 17.9. The van der Waals surface area contributed by atoms with Crippen molar-refractivity contribution in [3.63, 3.8) is 0 Å². The highest BCUT2D eigenvalue weighted by molar-refractivity contribution is 5.71. The van der Waals surface area contributed by atoms with Crippen LogP contribution >= 0.6 is 0 Å². The lowest BCUT2D eigenvalue weighted by Crippen LogP contribution is -2.30. The Kier molecular flexibility index (Phi) is 46.2. The maximum atomic E-state index is 12.8. The van der Waals surface area contributed by atoms with Gasteiger partial charge in [-0.15, -0.1) is 0 Å². The number of esters is 3. The quantitative estimate of drug-likeness (QED) is 0.0344. The Bertz CT molecular complexity index is 962. The van der Waals surface area contributed by atoms with Crippen molar-refractivity contribution in [1.29, 1.82) is 0 Å². The van der Waals surface area contributed by atoms with Gasteiger partial charge in [0.2, 0.25) is 0 Å². The zero-order valence-electron chi connectivity index (χ0n) is 42.7. The molecule has 0 heterocycles. The second-order valence-electron chi connectivity index (χ2n) is 20.4. The molecule has 62 heavy (non-hydrogen) atoms. The Hall–Kier alpha value is -1.59. The molecule has 0 bridgehead atoms. The molecule has 0 saturated heterocycles. The van der Waals surface area contributed by atoms with Gasteiger partial charge in [0.25, 0.3) is 0 Å². The van der Waals surface area contributed by atoms with E-state index in [9.17, 15) is 14.4 Å². The third kappa shape index (κ3) is 47.9. The first kappa shape index (κ1) is 60.4. The maximum absolute atomic E-state index is 12.8. The Morgan fingerprint density at radius 1 is 0.323 bits per heavy atom. The number of unbranched alkanes of at least 4 members (excludes halogenated alkanes) is 31. The summed E-state index contributed by atoms with van der Waals surface area (Å²) in [5.41, 5.74) is 0. The fraction of sp³-hybridized carbons (Fsp3) is 0.946. The lowest BCUT2D eigenvalue weighted by Gasteiger charge is -2.18. The van der Waals surface area contributed by atoms with Crippen LogP contribution in [0.25, 0.3) is 0 Å². The van der Waals surface area contributed by atoms with E-state index in [4.69, 9.17) is 14.2 Å². The molecule has 0 aromatic heterocycles. The van der Waals surface area contributed by atoms with E-state index in [0.29, 0.717) is 19.3 Å². The summed E-state index contributed by atoms with van der Waals surface area (Å²) in [6.07, 6.45) is 48.1. The molecule has 0 N–H and O–H groups in total. The Morgan fingerprint density at radius 3 is 0.839 bits per heavy atom. The van der Waals surface area contributed by atoms with Crippen LogP contribution in [-0.4, -0.2) is 37.2 Å². The molecule has 2 atom stereocenters. The Morgan fingerprint density at radius 2 is 0.565 bits per heavy atom. The third-order valence-electron chi connectivity index (χ3n) is 13.0. The predicted molar refractivity (Wildman–Crippen MR) is 266 cm³/mol. The number of carbonyl (C=O) groups excluding carboxylic acids is 3. The zero-order valence-corrected chi connectivity index (χ0v) is 42.7. The van der Waals surface area contributed by atoms with Gasteiger partial charge >= 0.3 is 17.9 Å². The molecule has 0 radical (unpaired) electrons. The molecule has 0 amide bonds. The third-order valence-corrected chi connectivity index (χ3v) is 13.0. The number of hydrogen-bond acceptors (Lipinski definition) is 6. The molecule has 1 unspecified atom stereocenters.